The van der Waals surface area contributed by atoms with Gasteiger partial charge in [-0.15, -0.1) is 0 Å². The van der Waals surface area contributed by atoms with Crippen molar-refractivity contribution in [2.24, 2.45) is 0 Å². The van der Waals surface area contributed by atoms with Gasteiger partial charge in [-0.2, -0.15) is 0 Å². The fraction of sp³-hybridized carbons (Fsp3) is 0.462. The molecule has 18 heavy (non-hydrogen) atoms. The Balaban J connectivity index is 2.37. The minimum Gasteiger partial charge on any atom is -0.356 e. The Kier molecular flexibility index (Phi) is 5.84. The maximum Gasteiger partial charge on any atom is 0.269 e. The number of rotatable bonds is 7. The average Bonchev–Trinajstić information content (AvgIpc) is 2.35. The maximum absolute atomic E-state index is 11.5. The van der Waals surface area contributed by atoms with Crippen LogP contribution in [0.5, 0.6) is 0 Å². The molecule has 1 aromatic rings. The van der Waals surface area contributed by atoms with Crippen molar-refractivity contribution in [3.63, 3.8) is 0 Å². The number of amides is 1. The van der Waals surface area contributed by atoms with Crippen LogP contribution >= 0.6 is 0 Å². The molecule has 1 aromatic carbocycles. The number of nitro benzene ring substituents is 1. The van der Waals surface area contributed by atoms with E-state index in [2.05, 4.69) is 12.2 Å². The lowest BCUT2D eigenvalue weighted by molar-refractivity contribution is -0.384. The fourth-order valence-corrected chi connectivity index (χ4v) is 1.59. The van der Waals surface area contributed by atoms with Crippen molar-refractivity contribution in [2.75, 3.05) is 6.54 Å². The van der Waals surface area contributed by atoms with Crippen molar-refractivity contribution in [1.82, 2.24) is 5.32 Å². The standard InChI is InChI=1S/C13H18N2O3/c1-2-3-4-9-14-13(16)10-11-5-7-12(8-6-11)15(17)18/h5-8H,2-4,9-10H2,1H3,(H,14,16). The first-order valence-electron chi connectivity index (χ1n) is 6.13. The van der Waals surface area contributed by atoms with E-state index in [9.17, 15) is 14.9 Å². The zero-order valence-electron chi connectivity index (χ0n) is 10.5. The van der Waals surface area contributed by atoms with Gasteiger partial charge in [-0.05, 0) is 12.0 Å². The zero-order chi connectivity index (χ0) is 13.4. The molecule has 0 spiro atoms. The van der Waals surface area contributed by atoms with E-state index in [-0.39, 0.29) is 18.0 Å². The number of nitrogens with zero attached hydrogens (tertiary/aromatic N) is 1. The summed E-state index contributed by atoms with van der Waals surface area (Å²) in [4.78, 5) is 21.6. The van der Waals surface area contributed by atoms with E-state index in [0.717, 1.165) is 24.8 Å². The molecule has 0 unspecified atom stereocenters. The second kappa shape index (κ2) is 7.42. The summed E-state index contributed by atoms with van der Waals surface area (Å²) in [5.74, 6) is -0.0417. The molecule has 98 valence electrons. The maximum atomic E-state index is 11.5. The predicted molar refractivity (Wildman–Crippen MR) is 69.3 cm³/mol. The number of carbonyl (C=O) groups is 1. The summed E-state index contributed by atoms with van der Waals surface area (Å²) in [5, 5.41) is 13.3. The van der Waals surface area contributed by atoms with Crippen LogP contribution in [-0.2, 0) is 11.2 Å². The number of unbranched alkanes of at least 4 members (excludes halogenated alkanes) is 2. The Hall–Kier alpha value is -1.91. The molecule has 5 heteroatoms. The molecule has 0 aromatic heterocycles. The van der Waals surface area contributed by atoms with Crippen LogP contribution < -0.4 is 5.32 Å². The lowest BCUT2D eigenvalue weighted by Crippen LogP contribution is -2.26. The Morgan fingerprint density at radius 1 is 1.28 bits per heavy atom. The summed E-state index contributed by atoms with van der Waals surface area (Å²) in [6, 6.07) is 6.06. The molecule has 0 fully saturated rings. The van der Waals surface area contributed by atoms with Gasteiger partial charge in [0, 0.05) is 18.7 Å². The number of benzene rings is 1. The summed E-state index contributed by atoms with van der Waals surface area (Å²) >= 11 is 0. The van der Waals surface area contributed by atoms with Gasteiger partial charge in [0.05, 0.1) is 11.3 Å². The third kappa shape index (κ3) is 4.95. The van der Waals surface area contributed by atoms with Gasteiger partial charge in [-0.25, -0.2) is 0 Å². The van der Waals surface area contributed by atoms with Crippen molar-refractivity contribution < 1.29 is 9.72 Å². The van der Waals surface area contributed by atoms with Crippen molar-refractivity contribution in [1.29, 1.82) is 0 Å². The number of non-ortho nitro benzene ring substituents is 1. The molecule has 0 atom stereocenters. The van der Waals surface area contributed by atoms with Crippen molar-refractivity contribution in [3.8, 4) is 0 Å². The molecule has 0 bridgehead atoms. The van der Waals surface area contributed by atoms with E-state index >= 15 is 0 Å². The quantitative estimate of drug-likeness (QED) is 0.459. The largest absolute Gasteiger partial charge is 0.356 e. The minimum atomic E-state index is -0.450. The lowest BCUT2D eigenvalue weighted by atomic mass is 10.1. The van der Waals surface area contributed by atoms with Gasteiger partial charge < -0.3 is 5.32 Å². The molecule has 0 heterocycles. The summed E-state index contributed by atoms with van der Waals surface area (Å²) in [6.45, 7) is 2.80. The first-order valence-corrected chi connectivity index (χ1v) is 6.13. The smallest absolute Gasteiger partial charge is 0.269 e. The second-order valence-corrected chi connectivity index (χ2v) is 4.16. The van der Waals surface area contributed by atoms with Crippen LogP contribution in [0, 0.1) is 10.1 Å². The predicted octanol–water partition coefficient (Wildman–Crippen LogP) is 2.44. The molecular weight excluding hydrogens is 232 g/mol. The molecule has 0 aliphatic heterocycles. The van der Waals surface area contributed by atoms with E-state index in [1.165, 1.54) is 12.1 Å². The van der Waals surface area contributed by atoms with Crippen LogP contribution in [0.15, 0.2) is 24.3 Å². The van der Waals surface area contributed by atoms with Gasteiger partial charge in [-0.3, -0.25) is 14.9 Å². The Morgan fingerprint density at radius 3 is 2.50 bits per heavy atom. The molecular formula is C13H18N2O3. The highest BCUT2D eigenvalue weighted by Gasteiger charge is 2.06. The van der Waals surface area contributed by atoms with Crippen LogP contribution in [0.3, 0.4) is 0 Å². The summed E-state index contributed by atoms with van der Waals surface area (Å²) in [5.41, 5.74) is 0.829. The van der Waals surface area contributed by atoms with Crippen molar-refractivity contribution in [2.45, 2.75) is 32.6 Å². The molecule has 0 aliphatic rings. The molecule has 0 saturated carbocycles. The molecule has 1 N–H and O–H groups in total. The van der Waals surface area contributed by atoms with E-state index in [0.29, 0.717) is 6.54 Å². The number of carbonyl (C=O) groups excluding carboxylic acids is 1. The summed E-state index contributed by atoms with van der Waals surface area (Å²) < 4.78 is 0. The highest BCUT2D eigenvalue weighted by molar-refractivity contribution is 5.78. The van der Waals surface area contributed by atoms with Crippen LogP contribution in [-0.4, -0.2) is 17.4 Å². The molecule has 1 rings (SSSR count). The van der Waals surface area contributed by atoms with Gasteiger partial charge in [-0.1, -0.05) is 31.9 Å². The zero-order valence-corrected chi connectivity index (χ0v) is 10.5. The fourth-order valence-electron chi connectivity index (χ4n) is 1.59. The lowest BCUT2D eigenvalue weighted by Gasteiger charge is -2.04. The van der Waals surface area contributed by atoms with Crippen LogP contribution in [0.2, 0.25) is 0 Å². The number of nitrogens with one attached hydrogen (secondary N) is 1. The summed E-state index contributed by atoms with van der Waals surface area (Å²) in [7, 11) is 0. The number of hydrogen-bond donors (Lipinski definition) is 1. The highest BCUT2D eigenvalue weighted by atomic mass is 16.6. The van der Waals surface area contributed by atoms with Gasteiger partial charge >= 0.3 is 0 Å². The SMILES string of the molecule is CCCCCNC(=O)Cc1ccc([N+](=O)[O-])cc1. The van der Waals surface area contributed by atoms with Gasteiger partial charge in [0.1, 0.15) is 0 Å². The van der Waals surface area contributed by atoms with Gasteiger partial charge in [0.25, 0.3) is 5.69 Å². The van der Waals surface area contributed by atoms with Crippen LogP contribution in [0.4, 0.5) is 5.69 Å². The summed E-state index contributed by atoms with van der Waals surface area (Å²) in [6.07, 6.45) is 3.49. The third-order valence-electron chi connectivity index (χ3n) is 2.61. The van der Waals surface area contributed by atoms with E-state index in [4.69, 9.17) is 0 Å². The van der Waals surface area contributed by atoms with Crippen molar-refractivity contribution in [3.05, 3.63) is 39.9 Å². The van der Waals surface area contributed by atoms with Crippen LogP contribution in [0.25, 0.3) is 0 Å². The van der Waals surface area contributed by atoms with E-state index in [1.54, 1.807) is 12.1 Å². The molecule has 0 aliphatic carbocycles. The van der Waals surface area contributed by atoms with E-state index < -0.39 is 4.92 Å². The first kappa shape index (κ1) is 14.2. The first-order chi connectivity index (χ1) is 8.63. The minimum absolute atomic E-state index is 0.0417. The molecule has 0 saturated heterocycles. The Morgan fingerprint density at radius 2 is 1.94 bits per heavy atom. The van der Waals surface area contributed by atoms with E-state index in [1.807, 2.05) is 0 Å². The Labute approximate surface area is 106 Å². The molecule has 0 radical (unpaired) electrons. The third-order valence-corrected chi connectivity index (χ3v) is 2.61. The second-order valence-electron chi connectivity index (χ2n) is 4.16. The van der Waals surface area contributed by atoms with Gasteiger partial charge in [0.2, 0.25) is 5.91 Å². The molecule has 5 nitrogen and oxygen atoms in total. The Bertz CT molecular complexity index is 401. The van der Waals surface area contributed by atoms with Crippen molar-refractivity contribution >= 4 is 11.6 Å². The number of nitro groups is 1. The van der Waals surface area contributed by atoms with Gasteiger partial charge in [0.15, 0.2) is 0 Å². The normalized spacial score (nSPS) is 10.1. The monoisotopic (exact) mass is 250 g/mol. The highest BCUT2D eigenvalue weighted by Crippen LogP contribution is 2.12. The molecule has 1 amide bonds. The topological polar surface area (TPSA) is 72.2 Å². The number of hydrogen-bond acceptors (Lipinski definition) is 3. The average molecular weight is 250 g/mol. The van der Waals surface area contributed by atoms with Crippen LogP contribution in [0.1, 0.15) is 31.7 Å².